The summed E-state index contributed by atoms with van der Waals surface area (Å²) in [6.07, 6.45) is 96.4. The van der Waals surface area contributed by atoms with Gasteiger partial charge >= 0.3 is 5.97 Å². The van der Waals surface area contributed by atoms with E-state index in [1.807, 2.05) is 0 Å². The lowest BCUT2D eigenvalue weighted by molar-refractivity contribution is -0.143. The van der Waals surface area contributed by atoms with Gasteiger partial charge in [0.15, 0.2) is 0 Å². The van der Waals surface area contributed by atoms with Gasteiger partial charge in [-0.25, -0.2) is 0 Å². The Balaban J connectivity index is 3.29. The smallest absolute Gasteiger partial charge is 0.305 e. The summed E-state index contributed by atoms with van der Waals surface area (Å²) in [5, 5.41) is 23.4. The van der Waals surface area contributed by atoms with Gasteiger partial charge in [0.1, 0.15) is 0 Å². The molecule has 0 aromatic heterocycles. The second kappa shape index (κ2) is 77.3. The van der Waals surface area contributed by atoms with Crippen LogP contribution < -0.4 is 5.32 Å². The van der Waals surface area contributed by atoms with Gasteiger partial charge in [0, 0.05) is 12.8 Å². The molecule has 0 aliphatic rings. The van der Waals surface area contributed by atoms with Gasteiger partial charge in [-0.1, -0.05) is 444 Å². The molecule has 2 atom stereocenters. The number of aliphatic hydroxyl groups excluding tert-OH is 2. The predicted molar refractivity (Wildman–Crippen MR) is 384 cm³/mol. The molecular weight excluding hydrogens is 1070 g/mol. The van der Waals surface area contributed by atoms with Crippen molar-refractivity contribution in [3.63, 3.8) is 0 Å². The molecule has 520 valence electrons. The van der Waals surface area contributed by atoms with E-state index in [0.717, 1.165) is 38.5 Å². The summed E-state index contributed by atoms with van der Waals surface area (Å²) in [5.41, 5.74) is 0. The molecule has 2 unspecified atom stereocenters. The third-order valence-corrected chi connectivity index (χ3v) is 19.7. The van der Waals surface area contributed by atoms with Gasteiger partial charge < -0.3 is 20.3 Å². The largest absolute Gasteiger partial charge is 0.466 e. The molecule has 0 saturated carbocycles. The van der Waals surface area contributed by atoms with Crippen molar-refractivity contribution in [2.24, 2.45) is 0 Å². The zero-order valence-corrected chi connectivity index (χ0v) is 59.8. The first-order valence-corrected chi connectivity index (χ1v) is 40.8. The van der Waals surface area contributed by atoms with Crippen LogP contribution in [-0.4, -0.2) is 47.4 Å². The summed E-state index contributed by atoms with van der Waals surface area (Å²) in [5.74, 6) is 0.00357. The van der Waals surface area contributed by atoms with Crippen molar-refractivity contribution in [2.45, 2.75) is 495 Å². The van der Waals surface area contributed by atoms with E-state index in [1.54, 1.807) is 0 Å². The van der Waals surface area contributed by atoms with Crippen LogP contribution in [0, 0.1) is 0 Å². The number of ether oxygens (including phenoxy) is 1. The minimum absolute atomic E-state index is 0.0235. The van der Waals surface area contributed by atoms with Crippen LogP contribution in [-0.2, 0) is 14.3 Å². The van der Waals surface area contributed by atoms with Gasteiger partial charge in [-0.15, -0.1) is 0 Å². The van der Waals surface area contributed by atoms with Crippen molar-refractivity contribution in [1.82, 2.24) is 5.32 Å². The van der Waals surface area contributed by atoms with Crippen LogP contribution >= 0.6 is 0 Å². The fraction of sp³-hybridized carbons (Fsp3) is 0.975. The number of carbonyl (C=O) groups excluding carboxylic acids is 2. The highest BCUT2D eigenvalue weighted by Gasteiger charge is 2.20. The molecule has 87 heavy (non-hydrogen) atoms. The van der Waals surface area contributed by atoms with Gasteiger partial charge in [-0.3, -0.25) is 9.59 Å². The van der Waals surface area contributed by atoms with Gasteiger partial charge in [0.05, 0.1) is 25.4 Å². The zero-order chi connectivity index (χ0) is 62.8. The third-order valence-electron chi connectivity index (χ3n) is 19.7. The number of nitrogens with one attached hydrogen (secondary N) is 1. The van der Waals surface area contributed by atoms with Crippen LogP contribution in [0.5, 0.6) is 0 Å². The summed E-state index contributed by atoms with van der Waals surface area (Å²) in [6.45, 7) is 5.02. The molecule has 0 aromatic rings. The highest BCUT2D eigenvalue weighted by atomic mass is 16.5. The van der Waals surface area contributed by atoms with E-state index in [1.165, 1.54) is 411 Å². The Bertz CT molecular complexity index is 1280. The molecule has 0 rings (SSSR count). The molecule has 3 N–H and O–H groups in total. The number of aliphatic hydroxyl groups is 2. The van der Waals surface area contributed by atoms with E-state index < -0.39 is 12.1 Å². The zero-order valence-electron chi connectivity index (χ0n) is 59.8. The van der Waals surface area contributed by atoms with Gasteiger partial charge in [0.25, 0.3) is 0 Å². The second-order valence-corrected chi connectivity index (χ2v) is 28.5. The lowest BCUT2D eigenvalue weighted by Gasteiger charge is -2.22. The lowest BCUT2D eigenvalue weighted by Crippen LogP contribution is -2.45. The Hall–Kier alpha value is -1.14. The molecule has 0 fully saturated rings. The van der Waals surface area contributed by atoms with Crippen molar-refractivity contribution < 1.29 is 24.5 Å². The normalized spacial score (nSPS) is 12.4. The van der Waals surface area contributed by atoms with Crippen LogP contribution in [0.25, 0.3) is 0 Å². The molecule has 1 amide bonds. The maximum Gasteiger partial charge on any atom is 0.305 e. The minimum atomic E-state index is -0.660. The first-order valence-electron chi connectivity index (χ1n) is 40.8. The van der Waals surface area contributed by atoms with Crippen LogP contribution in [0.15, 0.2) is 0 Å². The van der Waals surface area contributed by atoms with Gasteiger partial charge in [-0.2, -0.15) is 0 Å². The lowest BCUT2D eigenvalue weighted by atomic mass is 10.0. The Labute approximate surface area is 547 Å². The molecule has 0 aliphatic carbocycles. The Morgan fingerprint density at radius 1 is 0.276 bits per heavy atom. The molecule has 6 heteroatoms. The summed E-state index contributed by atoms with van der Waals surface area (Å²) in [4.78, 5) is 24.6. The van der Waals surface area contributed by atoms with E-state index in [2.05, 4.69) is 19.2 Å². The quantitative estimate of drug-likeness (QED) is 0.0417. The molecule has 6 nitrogen and oxygen atoms in total. The summed E-state index contributed by atoms with van der Waals surface area (Å²) >= 11 is 0. The van der Waals surface area contributed by atoms with Crippen LogP contribution in [0.2, 0.25) is 0 Å². The van der Waals surface area contributed by atoms with Crippen LogP contribution in [0.1, 0.15) is 483 Å². The number of unbranched alkanes of at least 4 members (excludes halogenated alkanes) is 67. The average molecular weight is 1230 g/mol. The van der Waals surface area contributed by atoms with E-state index in [-0.39, 0.29) is 18.5 Å². The molecule has 0 bridgehead atoms. The number of hydrogen-bond acceptors (Lipinski definition) is 5. The number of amides is 1. The number of esters is 1. The first-order chi connectivity index (χ1) is 43.0. The average Bonchev–Trinajstić information content (AvgIpc) is 3.53. The fourth-order valence-corrected chi connectivity index (χ4v) is 13.5. The second-order valence-electron chi connectivity index (χ2n) is 28.5. The molecule has 0 aromatic carbocycles. The fourth-order valence-electron chi connectivity index (χ4n) is 13.5. The Morgan fingerprint density at radius 3 is 0.701 bits per heavy atom. The maximum absolute atomic E-state index is 12.6. The van der Waals surface area contributed by atoms with Crippen molar-refractivity contribution in [3.05, 3.63) is 0 Å². The summed E-state index contributed by atoms with van der Waals surface area (Å²) < 4.78 is 5.50. The van der Waals surface area contributed by atoms with Crippen LogP contribution in [0.4, 0.5) is 0 Å². The Morgan fingerprint density at radius 2 is 0.471 bits per heavy atom. The van der Waals surface area contributed by atoms with E-state index in [0.29, 0.717) is 25.9 Å². The van der Waals surface area contributed by atoms with Crippen molar-refractivity contribution in [1.29, 1.82) is 0 Å². The number of hydrogen-bond donors (Lipinski definition) is 3. The molecular formula is C81H161NO5. The Kier molecular flexibility index (Phi) is 76.3. The SMILES string of the molecule is CCCCCCCCCCCCCCCCCCCCCC(O)C(CO)NC(=O)CCCCCCCCCCCCCCCCCCCCCCCCCCCCCCCCCCCCCCCOC(=O)CCCCCCCCCCCCCCCC. The van der Waals surface area contributed by atoms with E-state index in [9.17, 15) is 19.8 Å². The maximum atomic E-state index is 12.6. The number of carbonyl (C=O) groups is 2. The van der Waals surface area contributed by atoms with Crippen molar-refractivity contribution >= 4 is 11.9 Å². The molecule has 0 heterocycles. The topological polar surface area (TPSA) is 95.9 Å². The standard InChI is InChI=1S/C81H161NO5/c1-3-5-7-9-11-13-15-17-19-20-40-43-46-49-53-57-61-65-69-73-79(84)78(77-83)82-80(85)74-70-66-62-58-54-50-47-44-41-38-36-34-32-30-28-26-24-22-21-23-25-27-29-31-33-35-37-39-42-45-48-52-56-60-64-68-72-76-87-81(86)75-71-67-63-59-55-51-18-16-14-12-10-8-6-4-2/h78-79,83-84H,3-77H2,1-2H3,(H,82,85). The molecule has 0 saturated heterocycles. The molecule has 0 radical (unpaired) electrons. The molecule has 0 spiro atoms. The monoisotopic (exact) mass is 1230 g/mol. The predicted octanol–water partition coefficient (Wildman–Crippen LogP) is 26.9. The summed E-state index contributed by atoms with van der Waals surface area (Å²) in [7, 11) is 0. The highest BCUT2D eigenvalue weighted by Crippen LogP contribution is 2.21. The van der Waals surface area contributed by atoms with Gasteiger partial charge in [0.2, 0.25) is 5.91 Å². The van der Waals surface area contributed by atoms with E-state index >= 15 is 0 Å². The van der Waals surface area contributed by atoms with E-state index in [4.69, 9.17) is 4.74 Å². The van der Waals surface area contributed by atoms with Crippen molar-refractivity contribution in [3.8, 4) is 0 Å². The third kappa shape index (κ3) is 73.8. The summed E-state index contributed by atoms with van der Waals surface area (Å²) in [6, 6.07) is -0.537. The molecule has 0 aliphatic heterocycles. The first kappa shape index (κ1) is 85.9. The van der Waals surface area contributed by atoms with Crippen LogP contribution in [0.3, 0.4) is 0 Å². The van der Waals surface area contributed by atoms with Gasteiger partial charge in [-0.05, 0) is 25.7 Å². The minimum Gasteiger partial charge on any atom is -0.466 e. The number of rotatable bonds is 78. The highest BCUT2D eigenvalue weighted by molar-refractivity contribution is 5.76. The van der Waals surface area contributed by atoms with Crippen molar-refractivity contribution in [2.75, 3.05) is 13.2 Å².